The molecule has 1 fully saturated rings. The van der Waals surface area contributed by atoms with Gasteiger partial charge in [-0.05, 0) is 30.4 Å². The van der Waals surface area contributed by atoms with E-state index in [-0.39, 0.29) is 16.8 Å². The van der Waals surface area contributed by atoms with Crippen LogP contribution in [0.1, 0.15) is 48.8 Å². The minimum atomic E-state index is -0.101. The Kier molecular flexibility index (Phi) is 5.66. The average molecular weight is 431 g/mol. The fourth-order valence-electron chi connectivity index (χ4n) is 5.59. The zero-order valence-electron chi connectivity index (χ0n) is 18.0. The molecule has 0 bridgehead atoms. The molecule has 1 atom stereocenters. The van der Waals surface area contributed by atoms with E-state index in [1.807, 2.05) is 29.2 Å². The van der Waals surface area contributed by atoms with E-state index < -0.39 is 0 Å². The standard InChI is InChI=1S/C27H30N2OS/c1-2-17-31-26-28-24-22-14-8-7-13-21(22)18-27(15-9-4-10-16-27)23(24)25(30)29(26)19-20-11-5-3-6-12-20/h2-3,5-8,11-14,26,28H,1,4,9-10,15-19H2. The lowest BCUT2D eigenvalue weighted by atomic mass is 9.61. The third-order valence-corrected chi connectivity index (χ3v) is 8.12. The number of nitrogens with zero attached hydrogens (tertiary/aromatic N) is 1. The molecule has 31 heavy (non-hydrogen) atoms. The maximum Gasteiger partial charge on any atom is 0.255 e. The molecule has 2 aromatic carbocycles. The van der Waals surface area contributed by atoms with Gasteiger partial charge in [-0.25, -0.2) is 0 Å². The van der Waals surface area contributed by atoms with Gasteiger partial charge in [-0.1, -0.05) is 79.9 Å². The van der Waals surface area contributed by atoms with Crippen LogP contribution >= 0.6 is 11.8 Å². The largest absolute Gasteiger partial charge is 0.356 e. The second kappa shape index (κ2) is 8.58. The summed E-state index contributed by atoms with van der Waals surface area (Å²) in [7, 11) is 0. The van der Waals surface area contributed by atoms with E-state index in [2.05, 4.69) is 48.3 Å². The van der Waals surface area contributed by atoms with E-state index in [1.165, 1.54) is 36.0 Å². The van der Waals surface area contributed by atoms with E-state index in [0.29, 0.717) is 6.54 Å². The van der Waals surface area contributed by atoms with Crippen molar-refractivity contribution in [2.24, 2.45) is 5.41 Å². The summed E-state index contributed by atoms with van der Waals surface area (Å²) in [6, 6.07) is 19.0. The van der Waals surface area contributed by atoms with E-state index in [1.54, 1.807) is 11.8 Å². The van der Waals surface area contributed by atoms with Crippen LogP contribution in [0.2, 0.25) is 0 Å². The van der Waals surface area contributed by atoms with Gasteiger partial charge in [-0.3, -0.25) is 4.79 Å². The smallest absolute Gasteiger partial charge is 0.255 e. The van der Waals surface area contributed by atoms with Crippen molar-refractivity contribution in [3.8, 4) is 0 Å². The molecule has 4 heteroatoms. The van der Waals surface area contributed by atoms with Gasteiger partial charge in [0.05, 0.1) is 5.70 Å². The van der Waals surface area contributed by atoms with Gasteiger partial charge in [-0.2, -0.15) is 0 Å². The number of carbonyl (C=O) groups is 1. The first-order valence-corrected chi connectivity index (χ1v) is 12.4. The number of hydrogen-bond acceptors (Lipinski definition) is 3. The number of nitrogens with one attached hydrogen (secondary N) is 1. The van der Waals surface area contributed by atoms with E-state index in [0.717, 1.165) is 36.3 Å². The molecule has 2 aromatic rings. The number of rotatable bonds is 5. The van der Waals surface area contributed by atoms with Gasteiger partial charge in [0, 0.05) is 28.8 Å². The summed E-state index contributed by atoms with van der Waals surface area (Å²) in [6.45, 7) is 4.52. The van der Waals surface area contributed by atoms with Crippen molar-refractivity contribution in [1.82, 2.24) is 10.2 Å². The highest BCUT2D eigenvalue weighted by molar-refractivity contribution is 8.00. The highest BCUT2D eigenvalue weighted by atomic mass is 32.2. The molecule has 0 aromatic heterocycles. The van der Waals surface area contributed by atoms with Gasteiger partial charge in [0.2, 0.25) is 0 Å². The summed E-state index contributed by atoms with van der Waals surface area (Å²) < 4.78 is 0. The average Bonchev–Trinajstić information content (AvgIpc) is 2.80. The Labute approximate surface area is 189 Å². The Morgan fingerprint density at radius 1 is 1.06 bits per heavy atom. The van der Waals surface area contributed by atoms with Gasteiger partial charge < -0.3 is 10.2 Å². The lowest BCUT2D eigenvalue weighted by molar-refractivity contribution is -0.131. The summed E-state index contributed by atoms with van der Waals surface area (Å²) in [6.07, 6.45) is 8.81. The first kappa shape index (κ1) is 20.4. The maximum atomic E-state index is 14.2. The molecule has 1 spiro atoms. The van der Waals surface area contributed by atoms with Crippen molar-refractivity contribution in [2.75, 3.05) is 5.75 Å². The monoisotopic (exact) mass is 430 g/mol. The van der Waals surface area contributed by atoms with Crippen LogP contribution in [-0.4, -0.2) is 22.1 Å². The van der Waals surface area contributed by atoms with Crippen LogP contribution in [0, 0.1) is 5.41 Å². The molecule has 3 nitrogen and oxygen atoms in total. The van der Waals surface area contributed by atoms with Gasteiger partial charge in [-0.15, -0.1) is 18.3 Å². The third-order valence-electron chi connectivity index (χ3n) is 7.00. The molecule has 1 heterocycles. The van der Waals surface area contributed by atoms with Crippen molar-refractivity contribution in [2.45, 2.75) is 50.6 Å². The Morgan fingerprint density at radius 2 is 1.81 bits per heavy atom. The first-order chi connectivity index (χ1) is 15.2. The molecule has 3 aliphatic rings. The van der Waals surface area contributed by atoms with E-state index in [4.69, 9.17) is 0 Å². The molecule has 2 aliphatic carbocycles. The normalized spacial score (nSPS) is 22.0. The summed E-state index contributed by atoms with van der Waals surface area (Å²) in [5.41, 5.74) is 5.75. The van der Waals surface area contributed by atoms with Crippen molar-refractivity contribution < 1.29 is 4.79 Å². The van der Waals surface area contributed by atoms with E-state index >= 15 is 0 Å². The minimum absolute atomic E-state index is 0.0327. The molecule has 1 amide bonds. The number of carbonyl (C=O) groups excluding carboxylic acids is 1. The first-order valence-electron chi connectivity index (χ1n) is 11.4. The topological polar surface area (TPSA) is 32.3 Å². The molecule has 1 N–H and O–H groups in total. The predicted octanol–water partition coefficient (Wildman–Crippen LogP) is 5.74. The SMILES string of the molecule is C=CCSC1NC2=C(C(=O)N1Cc1ccccc1)C1(CCCCC1)Cc1ccccc12. The second-order valence-electron chi connectivity index (χ2n) is 8.96. The van der Waals surface area contributed by atoms with Crippen LogP contribution in [0.3, 0.4) is 0 Å². The Bertz CT molecular complexity index is 1010. The number of hydrogen-bond donors (Lipinski definition) is 1. The van der Waals surface area contributed by atoms with Crippen molar-refractivity contribution >= 4 is 23.4 Å². The number of benzene rings is 2. The highest BCUT2D eigenvalue weighted by Crippen LogP contribution is 2.53. The molecular weight excluding hydrogens is 400 g/mol. The van der Waals surface area contributed by atoms with Crippen LogP contribution in [0.15, 0.2) is 72.8 Å². The fraction of sp³-hybridized carbons (Fsp3) is 0.370. The van der Waals surface area contributed by atoms with Gasteiger partial charge in [0.25, 0.3) is 5.91 Å². The zero-order valence-corrected chi connectivity index (χ0v) is 18.8. The van der Waals surface area contributed by atoms with Crippen LogP contribution in [0.5, 0.6) is 0 Å². The lowest BCUT2D eigenvalue weighted by Crippen LogP contribution is -2.55. The Hall–Kier alpha value is -2.46. The maximum absolute atomic E-state index is 14.2. The van der Waals surface area contributed by atoms with Crippen LogP contribution < -0.4 is 5.32 Å². The highest BCUT2D eigenvalue weighted by Gasteiger charge is 2.49. The number of fused-ring (bicyclic) bond motifs is 3. The summed E-state index contributed by atoms with van der Waals surface area (Å²) in [5, 5.41) is 3.82. The zero-order chi connectivity index (χ0) is 21.3. The van der Waals surface area contributed by atoms with Gasteiger partial charge in [0.15, 0.2) is 5.50 Å². The summed E-state index contributed by atoms with van der Waals surface area (Å²) in [4.78, 5) is 16.3. The molecule has 5 rings (SSSR count). The number of thioether (sulfide) groups is 1. The van der Waals surface area contributed by atoms with Crippen molar-refractivity contribution in [3.63, 3.8) is 0 Å². The quantitative estimate of drug-likeness (QED) is 0.614. The summed E-state index contributed by atoms with van der Waals surface area (Å²) >= 11 is 1.74. The molecular formula is C27H30N2OS. The molecule has 0 saturated heterocycles. The molecule has 1 unspecified atom stereocenters. The Morgan fingerprint density at radius 3 is 2.58 bits per heavy atom. The molecule has 1 saturated carbocycles. The number of amides is 1. The molecule has 1 aliphatic heterocycles. The van der Waals surface area contributed by atoms with Gasteiger partial charge in [0.1, 0.15) is 0 Å². The van der Waals surface area contributed by atoms with Crippen LogP contribution in [-0.2, 0) is 17.8 Å². The third kappa shape index (κ3) is 3.71. The molecule has 160 valence electrons. The van der Waals surface area contributed by atoms with Crippen molar-refractivity contribution in [3.05, 3.63) is 89.5 Å². The minimum Gasteiger partial charge on any atom is -0.356 e. The molecule has 0 radical (unpaired) electrons. The predicted molar refractivity (Wildman–Crippen MR) is 129 cm³/mol. The van der Waals surface area contributed by atoms with E-state index in [9.17, 15) is 4.79 Å². The second-order valence-corrected chi connectivity index (χ2v) is 10.1. The van der Waals surface area contributed by atoms with Crippen LogP contribution in [0.4, 0.5) is 0 Å². The summed E-state index contributed by atoms with van der Waals surface area (Å²) in [5.74, 6) is 1.02. The van der Waals surface area contributed by atoms with Crippen LogP contribution in [0.25, 0.3) is 5.70 Å². The Balaban J connectivity index is 1.61. The fourth-order valence-corrected chi connectivity index (χ4v) is 6.46. The lowest BCUT2D eigenvalue weighted by Gasteiger charge is -2.49. The van der Waals surface area contributed by atoms with Gasteiger partial charge >= 0.3 is 0 Å². The van der Waals surface area contributed by atoms with Crippen molar-refractivity contribution in [1.29, 1.82) is 0 Å².